The lowest BCUT2D eigenvalue weighted by Gasteiger charge is -2.07. The Labute approximate surface area is 74.3 Å². The van der Waals surface area contributed by atoms with E-state index in [2.05, 4.69) is 11.7 Å². The highest BCUT2D eigenvalue weighted by molar-refractivity contribution is 5.68. The van der Waals surface area contributed by atoms with Crippen LogP contribution in [0.5, 0.6) is 0 Å². The van der Waals surface area contributed by atoms with Gasteiger partial charge in [-0.05, 0) is 37.5 Å². The molecule has 0 spiro atoms. The Balaban J connectivity index is 1.97. The highest BCUT2D eigenvalue weighted by Crippen LogP contribution is 2.38. The van der Waals surface area contributed by atoms with Crippen LogP contribution in [0.25, 0.3) is 0 Å². The van der Waals surface area contributed by atoms with Crippen LogP contribution < -0.4 is 0 Å². The zero-order valence-electron chi connectivity index (χ0n) is 8.01. The van der Waals surface area contributed by atoms with E-state index in [1.807, 2.05) is 0 Å². The van der Waals surface area contributed by atoms with Crippen molar-refractivity contribution in [2.24, 2.45) is 11.8 Å². The Morgan fingerprint density at radius 2 is 2.25 bits per heavy atom. The molecule has 0 amide bonds. The summed E-state index contributed by atoms with van der Waals surface area (Å²) in [6.07, 6.45) is 5.57. The zero-order chi connectivity index (χ0) is 8.97. The SMILES string of the molecule is COC(=O)CCCC(C)C1CC1. The molecule has 1 saturated carbocycles. The minimum atomic E-state index is -0.0713. The second-order valence-electron chi connectivity index (χ2n) is 3.78. The first-order chi connectivity index (χ1) is 5.74. The predicted octanol–water partition coefficient (Wildman–Crippen LogP) is 2.38. The number of methoxy groups -OCH3 is 1. The van der Waals surface area contributed by atoms with E-state index in [1.54, 1.807) is 0 Å². The van der Waals surface area contributed by atoms with Crippen molar-refractivity contribution in [3.63, 3.8) is 0 Å². The van der Waals surface area contributed by atoms with Gasteiger partial charge in [0.1, 0.15) is 0 Å². The van der Waals surface area contributed by atoms with Gasteiger partial charge in [0.25, 0.3) is 0 Å². The maximum absolute atomic E-state index is 10.8. The molecule has 0 heterocycles. The molecule has 1 fully saturated rings. The lowest BCUT2D eigenvalue weighted by molar-refractivity contribution is -0.140. The van der Waals surface area contributed by atoms with Crippen molar-refractivity contribution in [2.45, 2.75) is 39.0 Å². The van der Waals surface area contributed by atoms with E-state index < -0.39 is 0 Å². The van der Waals surface area contributed by atoms with Crippen LogP contribution in [0.15, 0.2) is 0 Å². The van der Waals surface area contributed by atoms with Crippen molar-refractivity contribution in [1.29, 1.82) is 0 Å². The predicted molar refractivity (Wildman–Crippen MR) is 47.8 cm³/mol. The summed E-state index contributed by atoms with van der Waals surface area (Å²) in [5, 5.41) is 0. The fourth-order valence-corrected chi connectivity index (χ4v) is 1.57. The molecule has 2 heteroatoms. The minimum absolute atomic E-state index is 0.0713. The van der Waals surface area contributed by atoms with Crippen molar-refractivity contribution < 1.29 is 9.53 Å². The molecule has 12 heavy (non-hydrogen) atoms. The maximum Gasteiger partial charge on any atom is 0.305 e. The van der Waals surface area contributed by atoms with E-state index in [0.717, 1.165) is 18.3 Å². The number of carbonyl (C=O) groups is 1. The quantitative estimate of drug-likeness (QED) is 0.592. The van der Waals surface area contributed by atoms with Crippen LogP contribution in [0.4, 0.5) is 0 Å². The Morgan fingerprint density at radius 1 is 1.58 bits per heavy atom. The molecule has 0 aromatic carbocycles. The summed E-state index contributed by atoms with van der Waals surface area (Å²) in [4.78, 5) is 10.8. The molecule has 1 unspecified atom stereocenters. The topological polar surface area (TPSA) is 26.3 Å². The molecule has 0 N–H and O–H groups in total. The van der Waals surface area contributed by atoms with Crippen molar-refractivity contribution in [3.05, 3.63) is 0 Å². The minimum Gasteiger partial charge on any atom is -0.469 e. The molecule has 0 radical (unpaired) electrons. The van der Waals surface area contributed by atoms with E-state index in [9.17, 15) is 4.79 Å². The third-order valence-corrected chi connectivity index (χ3v) is 2.69. The molecular weight excluding hydrogens is 152 g/mol. The maximum atomic E-state index is 10.8. The Morgan fingerprint density at radius 3 is 2.75 bits per heavy atom. The molecule has 0 aliphatic heterocycles. The zero-order valence-corrected chi connectivity index (χ0v) is 8.01. The number of esters is 1. The smallest absolute Gasteiger partial charge is 0.305 e. The van der Waals surface area contributed by atoms with E-state index in [4.69, 9.17) is 0 Å². The second kappa shape index (κ2) is 4.48. The standard InChI is InChI=1S/C10H18O2/c1-8(9-6-7-9)4-3-5-10(11)12-2/h8-9H,3-7H2,1-2H3. The van der Waals surface area contributed by atoms with E-state index in [0.29, 0.717) is 6.42 Å². The summed E-state index contributed by atoms with van der Waals surface area (Å²) in [7, 11) is 1.45. The average Bonchev–Trinajstić information content (AvgIpc) is 2.86. The molecule has 1 atom stereocenters. The summed E-state index contributed by atoms with van der Waals surface area (Å²) in [5.74, 6) is 1.70. The molecule has 1 rings (SSSR count). The van der Waals surface area contributed by atoms with Gasteiger partial charge < -0.3 is 4.74 Å². The van der Waals surface area contributed by atoms with Gasteiger partial charge in [-0.1, -0.05) is 6.92 Å². The van der Waals surface area contributed by atoms with Gasteiger partial charge in [-0.15, -0.1) is 0 Å². The van der Waals surface area contributed by atoms with Gasteiger partial charge in [-0.25, -0.2) is 0 Å². The highest BCUT2D eigenvalue weighted by Gasteiger charge is 2.27. The summed E-state index contributed by atoms with van der Waals surface area (Å²) >= 11 is 0. The molecule has 2 nitrogen and oxygen atoms in total. The van der Waals surface area contributed by atoms with Crippen LogP contribution in [-0.4, -0.2) is 13.1 Å². The van der Waals surface area contributed by atoms with Gasteiger partial charge in [0.2, 0.25) is 0 Å². The largest absolute Gasteiger partial charge is 0.469 e. The Hall–Kier alpha value is -0.530. The van der Waals surface area contributed by atoms with Gasteiger partial charge in [0.15, 0.2) is 0 Å². The highest BCUT2D eigenvalue weighted by atomic mass is 16.5. The first kappa shape index (κ1) is 9.56. The van der Waals surface area contributed by atoms with Gasteiger partial charge in [0, 0.05) is 6.42 Å². The van der Waals surface area contributed by atoms with Gasteiger partial charge in [-0.3, -0.25) is 4.79 Å². The van der Waals surface area contributed by atoms with Crippen LogP contribution in [-0.2, 0) is 9.53 Å². The van der Waals surface area contributed by atoms with Crippen molar-refractivity contribution >= 4 is 5.97 Å². The van der Waals surface area contributed by atoms with Crippen LogP contribution in [0.3, 0.4) is 0 Å². The lowest BCUT2D eigenvalue weighted by atomic mass is 9.99. The third-order valence-electron chi connectivity index (χ3n) is 2.69. The van der Waals surface area contributed by atoms with Crippen LogP contribution in [0.2, 0.25) is 0 Å². The first-order valence-electron chi connectivity index (χ1n) is 4.81. The molecule has 1 aliphatic carbocycles. The summed E-state index contributed by atoms with van der Waals surface area (Å²) < 4.78 is 4.57. The van der Waals surface area contributed by atoms with Gasteiger partial charge in [0.05, 0.1) is 7.11 Å². The number of rotatable bonds is 5. The molecule has 0 aromatic rings. The molecular formula is C10H18O2. The summed E-state index contributed by atoms with van der Waals surface area (Å²) in [6.45, 7) is 2.29. The lowest BCUT2D eigenvalue weighted by Crippen LogP contribution is -2.02. The van der Waals surface area contributed by atoms with Crippen LogP contribution in [0, 0.1) is 11.8 Å². The molecule has 1 aliphatic rings. The van der Waals surface area contributed by atoms with Crippen molar-refractivity contribution in [1.82, 2.24) is 0 Å². The normalized spacial score (nSPS) is 18.8. The Kier molecular flexibility index (Phi) is 3.57. The summed E-state index contributed by atoms with van der Waals surface area (Å²) in [5.41, 5.74) is 0. The van der Waals surface area contributed by atoms with Gasteiger partial charge >= 0.3 is 5.97 Å². The average molecular weight is 170 g/mol. The Bertz CT molecular complexity index is 150. The monoisotopic (exact) mass is 170 g/mol. The number of ether oxygens (including phenoxy) is 1. The first-order valence-corrected chi connectivity index (χ1v) is 4.81. The van der Waals surface area contributed by atoms with Crippen molar-refractivity contribution in [2.75, 3.05) is 7.11 Å². The molecule has 0 saturated heterocycles. The van der Waals surface area contributed by atoms with Crippen molar-refractivity contribution in [3.8, 4) is 0 Å². The van der Waals surface area contributed by atoms with E-state index in [1.165, 1.54) is 26.4 Å². The molecule has 0 aromatic heterocycles. The van der Waals surface area contributed by atoms with E-state index in [-0.39, 0.29) is 5.97 Å². The molecule has 70 valence electrons. The number of carbonyl (C=O) groups excluding carboxylic acids is 1. The van der Waals surface area contributed by atoms with Gasteiger partial charge in [-0.2, -0.15) is 0 Å². The van der Waals surface area contributed by atoms with E-state index >= 15 is 0 Å². The number of hydrogen-bond acceptors (Lipinski definition) is 2. The third kappa shape index (κ3) is 3.24. The van der Waals surface area contributed by atoms with Crippen LogP contribution >= 0.6 is 0 Å². The second-order valence-corrected chi connectivity index (χ2v) is 3.78. The number of hydrogen-bond donors (Lipinski definition) is 0. The molecule has 0 bridgehead atoms. The summed E-state index contributed by atoms with van der Waals surface area (Å²) in [6, 6.07) is 0. The fourth-order valence-electron chi connectivity index (χ4n) is 1.57. The fraction of sp³-hybridized carbons (Fsp3) is 0.900. The van der Waals surface area contributed by atoms with Crippen LogP contribution in [0.1, 0.15) is 39.0 Å².